The molecule has 0 N–H and O–H groups in total. The quantitative estimate of drug-likeness (QED) is 0.798. The number of anilines is 2. The van der Waals surface area contributed by atoms with Crippen molar-refractivity contribution >= 4 is 23.2 Å². The van der Waals surface area contributed by atoms with Crippen molar-refractivity contribution in [3.05, 3.63) is 59.7 Å². The molecule has 0 aromatic heterocycles. The van der Waals surface area contributed by atoms with E-state index in [1.165, 1.54) is 5.56 Å². The van der Waals surface area contributed by atoms with Gasteiger partial charge in [-0.2, -0.15) is 0 Å². The molecule has 2 aromatic carbocycles. The first-order chi connectivity index (χ1) is 13.9. The van der Waals surface area contributed by atoms with Crippen molar-refractivity contribution in [1.29, 1.82) is 0 Å². The Labute approximate surface area is 172 Å². The van der Waals surface area contributed by atoms with Crippen molar-refractivity contribution in [3.8, 4) is 0 Å². The highest BCUT2D eigenvalue weighted by molar-refractivity contribution is 6.06. The molecule has 2 fully saturated rings. The van der Waals surface area contributed by atoms with Gasteiger partial charge in [0.05, 0.1) is 0 Å². The normalized spacial score (nSPS) is 21.7. The summed E-state index contributed by atoms with van der Waals surface area (Å²) in [6.07, 6.45) is 3.27. The Balaban J connectivity index is 1.62. The monoisotopic (exact) mass is 391 g/mol. The van der Waals surface area contributed by atoms with E-state index in [1.807, 2.05) is 84.2 Å². The SMILES string of the molecule is Cc1ccc(N2CCCC3(CCCN3C(=O)c3ccc(N(C)C)cc3)C2=O)cc1. The zero-order valence-electron chi connectivity index (χ0n) is 17.5. The highest BCUT2D eigenvalue weighted by atomic mass is 16.2. The van der Waals surface area contributed by atoms with Crippen LogP contribution in [0, 0.1) is 6.92 Å². The molecule has 1 unspecified atom stereocenters. The molecule has 0 radical (unpaired) electrons. The highest BCUT2D eigenvalue weighted by Gasteiger charge is 2.53. The zero-order chi connectivity index (χ0) is 20.6. The molecule has 2 amide bonds. The molecule has 1 spiro atoms. The Morgan fingerprint density at radius 3 is 2.17 bits per heavy atom. The molecule has 2 aliphatic heterocycles. The van der Waals surface area contributed by atoms with Crippen molar-refractivity contribution in [3.63, 3.8) is 0 Å². The molecule has 0 saturated carbocycles. The van der Waals surface area contributed by atoms with Crippen LogP contribution >= 0.6 is 0 Å². The van der Waals surface area contributed by atoms with E-state index in [-0.39, 0.29) is 11.8 Å². The Hall–Kier alpha value is -2.82. The number of carbonyl (C=O) groups excluding carboxylic acids is 2. The number of amides is 2. The summed E-state index contributed by atoms with van der Waals surface area (Å²) in [6, 6.07) is 15.7. The smallest absolute Gasteiger partial charge is 0.254 e. The number of benzene rings is 2. The average Bonchev–Trinajstić information content (AvgIpc) is 3.15. The van der Waals surface area contributed by atoms with Crippen LogP contribution in [0.5, 0.6) is 0 Å². The summed E-state index contributed by atoms with van der Waals surface area (Å²) >= 11 is 0. The largest absolute Gasteiger partial charge is 0.378 e. The van der Waals surface area contributed by atoms with E-state index in [0.717, 1.165) is 37.1 Å². The van der Waals surface area contributed by atoms with Gasteiger partial charge in [0.25, 0.3) is 11.8 Å². The lowest BCUT2D eigenvalue weighted by molar-refractivity contribution is -0.130. The third kappa shape index (κ3) is 3.39. The van der Waals surface area contributed by atoms with E-state index in [0.29, 0.717) is 18.7 Å². The maximum atomic E-state index is 13.6. The van der Waals surface area contributed by atoms with Crippen molar-refractivity contribution in [2.24, 2.45) is 0 Å². The maximum Gasteiger partial charge on any atom is 0.254 e. The van der Waals surface area contributed by atoms with Gasteiger partial charge in [0.2, 0.25) is 0 Å². The van der Waals surface area contributed by atoms with Crippen LogP contribution in [0.3, 0.4) is 0 Å². The molecule has 2 aromatic rings. The molecule has 2 saturated heterocycles. The minimum Gasteiger partial charge on any atom is -0.378 e. The Morgan fingerprint density at radius 2 is 1.55 bits per heavy atom. The summed E-state index contributed by atoms with van der Waals surface area (Å²) < 4.78 is 0. The predicted octanol–water partition coefficient (Wildman–Crippen LogP) is 3.86. The summed E-state index contributed by atoms with van der Waals surface area (Å²) in [4.78, 5) is 32.8. The lowest BCUT2D eigenvalue weighted by Crippen LogP contribution is -2.61. The van der Waals surface area contributed by atoms with Crippen LogP contribution in [-0.4, -0.2) is 49.4 Å². The second-order valence-electron chi connectivity index (χ2n) is 8.43. The van der Waals surface area contributed by atoms with E-state index in [2.05, 4.69) is 0 Å². The fourth-order valence-corrected chi connectivity index (χ4v) is 4.68. The number of nitrogens with zero attached hydrogens (tertiary/aromatic N) is 3. The number of hydrogen-bond donors (Lipinski definition) is 0. The summed E-state index contributed by atoms with van der Waals surface area (Å²) in [5.41, 5.74) is 3.09. The Bertz CT molecular complexity index is 905. The van der Waals surface area contributed by atoms with Crippen LogP contribution in [0.1, 0.15) is 41.6 Å². The highest BCUT2D eigenvalue weighted by Crippen LogP contribution is 2.40. The Kier molecular flexibility index (Phi) is 5.07. The number of aryl methyl sites for hydroxylation is 1. The number of rotatable bonds is 3. The minimum absolute atomic E-state index is 0.0353. The van der Waals surface area contributed by atoms with Crippen LogP contribution in [0.25, 0.3) is 0 Å². The fraction of sp³-hybridized carbons (Fsp3) is 0.417. The van der Waals surface area contributed by atoms with E-state index >= 15 is 0 Å². The van der Waals surface area contributed by atoms with Crippen LogP contribution < -0.4 is 9.80 Å². The van der Waals surface area contributed by atoms with Gasteiger partial charge in [-0.05, 0) is 69.0 Å². The molecular formula is C24H29N3O2. The van der Waals surface area contributed by atoms with Crippen molar-refractivity contribution in [2.45, 2.75) is 38.1 Å². The van der Waals surface area contributed by atoms with Crippen LogP contribution in [0.15, 0.2) is 48.5 Å². The zero-order valence-corrected chi connectivity index (χ0v) is 17.5. The molecule has 5 nitrogen and oxygen atoms in total. The van der Waals surface area contributed by atoms with Gasteiger partial charge in [-0.3, -0.25) is 9.59 Å². The molecule has 152 valence electrons. The molecule has 1 atom stereocenters. The average molecular weight is 392 g/mol. The molecule has 0 aliphatic carbocycles. The van der Waals surface area contributed by atoms with Crippen LogP contribution in [0.2, 0.25) is 0 Å². The van der Waals surface area contributed by atoms with E-state index in [9.17, 15) is 9.59 Å². The second-order valence-corrected chi connectivity index (χ2v) is 8.43. The molecule has 29 heavy (non-hydrogen) atoms. The van der Waals surface area contributed by atoms with Gasteiger partial charge in [0, 0.05) is 44.1 Å². The summed E-state index contributed by atoms with van der Waals surface area (Å²) in [7, 11) is 3.96. The van der Waals surface area contributed by atoms with Crippen molar-refractivity contribution in [1.82, 2.24) is 4.90 Å². The first kappa shape index (κ1) is 19.5. The Morgan fingerprint density at radius 1 is 0.931 bits per heavy atom. The minimum atomic E-state index is -0.708. The molecule has 5 heteroatoms. The van der Waals surface area contributed by atoms with Gasteiger partial charge < -0.3 is 14.7 Å². The second kappa shape index (κ2) is 7.54. The number of carbonyl (C=O) groups is 2. The molecule has 4 rings (SSSR count). The van der Waals surface area contributed by atoms with Crippen LogP contribution in [-0.2, 0) is 4.79 Å². The predicted molar refractivity (Wildman–Crippen MR) is 117 cm³/mol. The van der Waals surface area contributed by atoms with Crippen molar-refractivity contribution < 1.29 is 9.59 Å². The fourth-order valence-electron chi connectivity index (χ4n) is 4.68. The van der Waals surface area contributed by atoms with E-state index < -0.39 is 5.54 Å². The molecule has 2 aliphatic rings. The summed E-state index contributed by atoms with van der Waals surface area (Å²) in [5.74, 6) is 0.0373. The standard InChI is InChI=1S/C24H29N3O2/c1-18-6-10-21(11-7-18)26-16-4-14-24(23(26)29)15-5-17-27(24)22(28)19-8-12-20(13-9-19)25(2)3/h6-13H,4-5,14-17H2,1-3H3. The third-order valence-corrected chi connectivity index (χ3v) is 6.33. The number of likely N-dealkylation sites (tertiary alicyclic amines) is 1. The number of hydrogen-bond acceptors (Lipinski definition) is 3. The van der Waals surface area contributed by atoms with Crippen LogP contribution in [0.4, 0.5) is 11.4 Å². The van der Waals surface area contributed by atoms with E-state index in [4.69, 9.17) is 0 Å². The summed E-state index contributed by atoms with van der Waals surface area (Å²) in [6.45, 7) is 3.40. The lowest BCUT2D eigenvalue weighted by atomic mass is 9.84. The molecular weight excluding hydrogens is 362 g/mol. The maximum absolute atomic E-state index is 13.6. The van der Waals surface area contributed by atoms with Gasteiger partial charge in [-0.1, -0.05) is 17.7 Å². The first-order valence-electron chi connectivity index (χ1n) is 10.4. The molecule has 0 bridgehead atoms. The number of piperidine rings is 1. The van der Waals surface area contributed by atoms with Crippen molar-refractivity contribution in [2.75, 3.05) is 37.0 Å². The van der Waals surface area contributed by atoms with Gasteiger partial charge in [-0.25, -0.2) is 0 Å². The van der Waals surface area contributed by atoms with Gasteiger partial charge in [0.15, 0.2) is 0 Å². The molecule has 2 heterocycles. The lowest BCUT2D eigenvalue weighted by Gasteiger charge is -2.44. The van der Waals surface area contributed by atoms with Gasteiger partial charge in [-0.15, -0.1) is 0 Å². The summed E-state index contributed by atoms with van der Waals surface area (Å²) in [5, 5.41) is 0. The van der Waals surface area contributed by atoms with Gasteiger partial charge >= 0.3 is 0 Å². The van der Waals surface area contributed by atoms with E-state index in [1.54, 1.807) is 0 Å². The topological polar surface area (TPSA) is 43.9 Å². The first-order valence-corrected chi connectivity index (χ1v) is 10.4. The van der Waals surface area contributed by atoms with Gasteiger partial charge in [0.1, 0.15) is 5.54 Å². The third-order valence-electron chi connectivity index (χ3n) is 6.33.